The molecule has 7 nitrogen and oxygen atoms in total. The highest BCUT2D eigenvalue weighted by Gasteiger charge is 2.13. The van der Waals surface area contributed by atoms with Gasteiger partial charge in [0.15, 0.2) is 0 Å². The topological polar surface area (TPSA) is 96.3 Å². The summed E-state index contributed by atoms with van der Waals surface area (Å²) in [5, 5.41) is 19.9. The van der Waals surface area contributed by atoms with E-state index in [2.05, 4.69) is 16.0 Å². The predicted molar refractivity (Wildman–Crippen MR) is 98.0 cm³/mol. The van der Waals surface area contributed by atoms with E-state index in [9.17, 15) is 14.9 Å². The number of hydrogen-bond acceptors (Lipinski definition) is 4. The second-order valence-corrected chi connectivity index (χ2v) is 5.75. The molecule has 0 unspecified atom stereocenters. The van der Waals surface area contributed by atoms with Crippen LogP contribution in [0.4, 0.5) is 16.2 Å². The zero-order chi connectivity index (χ0) is 18.2. The first-order valence-electron chi connectivity index (χ1n) is 7.75. The van der Waals surface area contributed by atoms with E-state index in [4.69, 9.17) is 11.6 Å². The standard InChI is InChI=1S/C17H19ClN4O3/c1-12(13-6-2-3-7-14(13)18)21-17(23)20-11-10-19-15-8-4-5-9-16(15)22(24)25/h2-9,12,19H,10-11H2,1H3,(H2,20,21,23)/t12-/m0/s1. The van der Waals surface area contributed by atoms with Gasteiger partial charge in [-0.1, -0.05) is 41.9 Å². The largest absolute Gasteiger partial charge is 0.378 e. The average molecular weight is 363 g/mol. The van der Waals surface area contributed by atoms with Crippen LogP contribution < -0.4 is 16.0 Å². The van der Waals surface area contributed by atoms with Crippen molar-refractivity contribution in [3.05, 3.63) is 69.2 Å². The van der Waals surface area contributed by atoms with Gasteiger partial charge in [0.1, 0.15) is 5.69 Å². The molecule has 2 rings (SSSR count). The van der Waals surface area contributed by atoms with Crippen LogP contribution in [0.15, 0.2) is 48.5 Å². The Hall–Kier alpha value is -2.80. The first-order chi connectivity index (χ1) is 12.0. The maximum atomic E-state index is 11.9. The number of anilines is 1. The van der Waals surface area contributed by atoms with Crippen LogP contribution in [0.1, 0.15) is 18.5 Å². The summed E-state index contributed by atoms with van der Waals surface area (Å²) in [6.07, 6.45) is 0. The van der Waals surface area contributed by atoms with Crippen molar-refractivity contribution < 1.29 is 9.72 Å². The van der Waals surface area contributed by atoms with Gasteiger partial charge in [0.2, 0.25) is 0 Å². The Balaban J connectivity index is 1.78. The second kappa shape index (κ2) is 8.89. The van der Waals surface area contributed by atoms with Gasteiger partial charge in [0, 0.05) is 24.2 Å². The summed E-state index contributed by atoms with van der Waals surface area (Å²) in [4.78, 5) is 22.4. The summed E-state index contributed by atoms with van der Waals surface area (Å²) in [6.45, 7) is 2.51. The summed E-state index contributed by atoms with van der Waals surface area (Å²) in [6, 6.07) is 13.1. The van der Waals surface area contributed by atoms with Crippen molar-refractivity contribution in [2.75, 3.05) is 18.4 Å². The van der Waals surface area contributed by atoms with E-state index >= 15 is 0 Å². The third-order valence-corrected chi connectivity index (χ3v) is 3.89. The summed E-state index contributed by atoms with van der Waals surface area (Å²) in [5.74, 6) is 0. The summed E-state index contributed by atoms with van der Waals surface area (Å²) >= 11 is 6.10. The first kappa shape index (κ1) is 18.5. The second-order valence-electron chi connectivity index (χ2n) is 5.34. The van der Waals surface area contributed by atoms with Gasteiger partial charge in [-0.2, -0.15) is 0 Å². The molecule has 2 amide bonds. The van der Waals surface area contributed by atoms with E-state index < -0.39 is 4.92 Å². The van der Waals surface area contributed by atoms with Crippen LogP contribution in [0.2, 0.25) is 5.02 Å². The molecule has 132 valence electrons. The Morgan fingerprint density at radius 1 is 1.16 bits per heavy atom. The van der Waals surface area contributed by atoms with Crippen LogP contribution in [0.5, 0.6) is 0 Å². The lowest BCUT2D eigenvalue weighted by Gasteiger charge is -2.16. The average Bonchev–Trinajstić information content (AvgIpc) is 2.59. The molecule has 8 heteroatoms. The highest BCUT2D eigenvalue weighted by atomic mass is 35.5. The molecule has 0 aliphatic rings. The number of nitro groups is 1. The molecule has 0 spiro atoms. The number of urea groups is 1. The summed E-state index contributed by atoms with van der Waals surface area (Å²) < 4.78 is 0. The highest BCUT2D eigenvalue weighted by molar-refractivity contribution is 6.31. The number of carbonyl (C=O) groups is 1. The third kappa shape index (κ3) is 5.36. The van der Waals surface area contributed by atoms with E-state index in [0.29, 0.717) is 23.8 Å². The van der Waals surface area contributed by atoms with Gasteiger partial charge in [-0.05, 0) is 24.6 Å². The van der Waals surface area contributed by atoms with Gasteiger partial charge in [-0.3, -0.25) is 10.1 Å². The minimum absolute atomic E-state index is 0.000654. The Bertz CT molecular complexity index is 754. The fraction of sp³-hybridized carbons (Fsp3) is 0.235. The van der Waals surface area contributed by atoms with E-state index in [1.807, 2.05) is 25.1 Å². The van der Waals surface area contributed by atoms with Crippen LogP contribution in [0, 0.1) is 10.1 Å². The molecule has 2 aromatic rings. The van der Waals surface area contributed by atoms with Crippen molar-refractivity contribution >= 4 is 29.0 Å². The lowest BCUT2D eigenvalue weighted by atomic mass is 10.1. The normalized spacial score (nSPS) is 11.4. The van der Waals surface area contributed by atoms with Gasteiger partial charge < -0.3 is 16.0 Å². The fourth-order valence-corrected chi connectivity index (χ4v) is 2.61. The van der Waals surface area contributed by atoms with Crippen molar-refractivity contribution in [3.8, 4) is 0 Å². The SMILES string of the molecule is C[C@H](NC(=O)NCCNc1ccccc1[N+](=O)[O-])c1ccccc1Cl. The monoisotopic (exact) mass is 362 g/mol. The van der Waals surface area contributed by atoms with Crippen molar-refractivity contribution in [1.29, 1.82) is 0 Å². The predicted octanol–water partition coefficient (Wildman–Crippen LogP) is 3.72. The number of benzene rings is 2. The van der Waals surface area contributed by atoms with Gasteiger partial charge >= 0.3 is 6.03 Å². The van der Waals surface area contributed by atoms with Crippen LogP contribution >= 0.6 is 11.6 Å². The van der Waals surface area contributed by atoms with Gasteiger partial charge in [-0.25, -0.2) is 4.79 Å². The lowest BCUT2D eigenvalue weighted by molar-refractivity contribution is -0.384. The minimum atomic E-state index is -0.451. The number of carbonyl (C=O) groups excluding carboxylic acids is 1. The maximum absolute atomic E-state index is 11.9. The molecule has 0 heterocycles. The maximum Gasteiger partial charge on any atom is 0.315 e. The third-order valence-electron chi connectivity index (χ3n) is 3.55. The molecular weight excluding hydrogens is 344 g/mol. The number of halogens is 1. The zero-order valence-corrected chi connectivity index (χ0v) is 14.4. The molecule has 0 aromatic heterocycles. The molecule has 2 aromatic carbocycles. The number of amides is 2. The molecule has 0 fully saturated rings. The smallest absolute Gasteiger partial charge is 0.315 e. The molecule has 0 bridgehead atoms. The van der Waals surface area contributed by atoms with E-state index in [1.165, 1.54) is 6.07 Å². The molecule has 0 saturated carbocycles. The number of nitrogens with one attached hydrogen (secondary N) is 3. The molecule has 25 heavy (non-hydrogen) atoms. The number of nitro benzene ring substituents is 1. The highest BCUT2D eigenvalue weighted by Crippen LogP contribution is 2.23. The molecule has 0 saturated heterocycles. The van der Waals surface area contributed by atoms with Crippen molar-refractivity contribution in [1.82, 2.24) is 10.6 Å². The van der Waals surface area contributed by atoms with E-state index in [1.54, 1.807) is 24.3 Å². The lowest BCUT2D eigenvalue weighted by Crippen LogP contribution is -2.39. The van der Waals surface area contributed by atoms with Gasteiger partial charge in [0.05, 0.1) is 11.0 Å². The Morgan fingerprint density at radius 2 is 1.84 bits per heavy atom. The molecular formula is C17H19ClN4O3. The molecule has 1 atom stereocenters. The van der Waals surface area contributed by atoms with Crippen LogP contribution in [-0.4, -0.2) is 24.0 Å². The van der Waals surface area contributed by atoms with Crippen molar-refractivity contribution in [2.45, 2.75) is 13.0 Å². The number of hydrogen-bond donors (Lipinski definition) is 3. The Morgan fingerprint density at radius 3 is 2.56 bits per heavy atom. The van der Waals surface area contributed by atoms with Crippen molar-refractivity contribution in [2.24, 2.45) is 0 Å². The Kier molecular flexibility index (Phi) is 6.59. The number of nitrogens with zero attached hydrogens (tertiary/aromatic N) is 1. The van der Waals surface area contributed by atoms with Gasteiger partial charge in [0.25, 0.3) is 5.69 Å². The summed E-state index contributed by atoms with van der Waals surface area (Å²) in [5.41, 5.74) is 1.25. The van der Waals surface area contributed by atoms with Crippen LogP contribution in [-0.2, 0) is 0 Å². The van der Waals surface area contributed by atoms with E-state index in [-0.39, 0.29) is 17.8 Å². The number of para-hydroxylation sites is 2. The zero-order valence-electron chi connectivity index (χ0n) is 13.7. The quantitative estimate of drug-likeness (QED) is 0.397. The van der Waals surface area contributed by atoms with Gasteiger partial charge in [-0.15, -0.1) is 0 Å². The molecule has 3 N–H and O–H groups in total. The first-order valence-corrected chi connectivity index (χ1v) is 8.13. The number of rotatable bonds is 7. The van der Waals surface area contributed by atoms with E-state index in [0.717, 1.165) is 5.56 Å². The molecule has 0 aliphatic carbocycles. The fourth-order valence-electron chi connectivity index (χ4n) is 2.31. The Labute approximate surface area is 150 Å². The summed E-state index contributed by atoms with van der Waals surface area (Å²) in [7, 11) is 0. The van der Waals surface area contributed by atoms with Crippen molar-refractivity contribution in [3.63, 3.8) is 0 Å². The molecule has 0 aliphatic heterocycles. The van der Waals surface area contributed by atoms with Crippen LogP contribution in [0.25, 0.3) is 0 Å². The molecule has 0 radical (unpaired) electrons. The van der Waals surface area contributed by atoms with Crippen LogP contribution in [0.3, 0.4) is 0 Å². The minimum Gasteiger partial charge on any atom is -0.378 e.